The summed E-state index contributed by atoms with van der Waals surface area (Å²) >= 11 is 6.14. The molecule has 132 valence electrons. The van der Waals surface area contributed by atoms with Crippen LogP contribution in [0.5, 0.6) is 0 Å². The van der Waals surface area contributed by atoms with Crippen LogP contribution >= 0.6 is 11.6 Å². The molecule has 0 saturated heterocycles. The number of fused-ring (bicyclic) bond motifs is 1. The zero-order valence-corrected chi connectivity index (χ0v) is 15.5. The highest BCUT2D eigenvalue weighted by Gasteiger charge is 2.32. The third kappa shape index (κ3) is 3.37. The lowest BCUT2D eigenvalue weighted by Crippen LogP contribution is -2.29. The molecular weight excluding hydrogens is 362 g/mol. The highest BCUT2D eigenvalue weighted by molar-refractivity contribution is 7.93. The lowest BCUT2D eigenvalue weighted by Gasteiger charge is -2.20. The molecule has 3 rings (SSSR count). The topological polar surface area (TPSA) is 63.7 Å². The quantitative estimate of drug-likeness (QED) is 0.760. The minimum absolute atomic E-state index is 0.0745. The predicted molar refractivity (Wildman–Crippen MR) is 96.7 cm³/mol. The van der Waals surface area contributed by atoms with Gasteiger partial charge in [-0.05, 0) is 50.1 Å². The molecule has 0 atom stereocenters. The second-order valence-electron chi connectivity index (χ2n) is 6.06. The van der Waals surface area contributed by atoms with Gasteiger partial charge >= 0.3 is 5.97 Å². The first kappa shape index (κ1) is 17.8. The summed E-state index contributed by atoms with van der Waals surface area (Å²) in [4.78, 5) is 12.0. The number of halogens is 1. The number of ether oxygens (including phenoxy) is 1. The maximum absolute atomic E-state index is 13.1. The molecule has 7 heteroatoms. The Morgan fingerprint density at radius 1 is 1.20 bits per heavy atom. The van der Waals surface area contributed by atoms with Gasteiger partial charge in [-0.25, -0.2) is 13.2 Å². The van der Waals surface area contributed by atoms with Gasteiger partial charge in [0.15, 0.2) is 0 Å². The second kappa shape index (κ2) is 6.69. The van der Waals surface area contributed by atoms with E-state index in [1.54, 1.807) is 26.0 Å². The number of carbonyl (C=O) groups is 1. The first-order chi connectivity index (χ1) is 11.8. The second-order valence-corrected chi connectivity index (χ2v) is 8.29. The van der Waals surface area contributed by atoms with E-state index < -0.39 is 16.0 Å². The van der Waals surface area contributed by atoms with Gasteiger partial charge < -0.3 is 4.74 Å². The predicted octanol–water partition coefficient (Wildman–Crippen LogP) is 3.66. The van der Waals surface area contributed by atoms with Gasteiger partial charge in [0.25, 0.3) is 10.0 Å². The summed E-state index contributed by atoms with van der Waals surface area (Å²) in [5.41, 5.74) is 1.77. The molecule has 25 heavy (non-hydrogen) atoms. The summed E-state index contributed by atoms with van der Waals surface area (Å²) in [7, 11) is -3.87. The summed E-state index contributed by atoms with van der Waals surface area (Å²) in [6.45, 7) is 3.80. The van der Waals surface area contributed by atoms with Crippen molar-refractivity contribution in [3.63, 3.8) is 0 Å². The summed E-state index contributed by atoms with van der Waals surface area (Å²) in [5.74, 6) is -0.579. The average Bonchev–Trinajstić information content (AvgIpc) is 2.99. The molecule has 0 amide bonds. The van der Waals surface area contributed by atoms with Gasteiger partial charge in [0.05, 0.1) is 22.4 Å². The fourth-order valence-corrected chi connectivity index (χ4v) is 4.79. The summed E-state index contributed by atoms with van der Waals surface area (Å²) in [6, 6.07) is 11.5. The maximum atomic E-state index is 13.1. The molecule has 1 aliphatic heterocycles. The van der Waals surface area contributed by atoms with Gasteiger partial charge in [-0.1, -0.05) is 29.8 Å². The summed E-state index contributed by atoms with van der Waals surface area (Å²) < 4.78 is 32.7. The van der Waals surface area contributed by atoms with E-state index in [4.69, 9.17) is 16.3 Å². The third-order valence-corrected chi connectivity index (χ3v) is 6.22. The van der Waals surface area contributed by atoms with E-state index in [2.05, 4.69) is 0 Å². The van der Waals surface area contributed by atoms with Gasteiger partial charge in [-0.15, -0.1) is 0 Å². The number of para-hydroxylation sites is 1. The first-order valence-electron chi connectivity index (χ1n) is 7.92. The summed E-state index contributed by atoms with van der Waals surface area (Å²) in [5, 5.41) is 0.0745. The summed E-state index contributed by atoms with van der Waals surface area (Å²) in [6.07, 6.45) is 0.343. The fourth-order valence-electron chi connectivity index (χ4n) is 2.79. The van der Waals surface area contributed by atoms with Gasteiger partial charge in [0.2, 0.25) is 0 Å². The Morgan fingerprint density at radius 2 is 1.92 bits per heavy atom. The number of hydrogen-bond acceptors (Lipinski definition) is 4. The van der Waals surface area contributed by atoms with E-state index in [1.807, 2.05) is 12.1 Å². The lowest BCUT2D eigenvalue weighted by atomic mass is 10.2. The van der Waals surface area contributed by atoms with Crippen molar-refractivity contribution in [3.05, 3.63) is 58.6 Å². The zero-order chi connectivity index (χ0) is 18.2. The Morgan fingerprint density at radius 3 is 2.64 bits per heavy atom. The van der Waals surface area contributed by atoms with E-state index in [9.17, 15) is 13.2 Å². The van der Waals surface area contributed by atoms with E-state index in [0.29, 0.717) is 18.7 Å². The zero-order valence-electron chi connectivity index (χ0n) is 13.9. The Balaban J connectivity index is 2.02. The first-order valence-corrected chi connectivity index (χ1v) is 9.73. The van der Waals surface area contributed by atoms with E-state index in [1.165, 1.54) is 22.5 Å². The molecule has 5 nitrogen and oxygen atoms in total. The fraction of sp³-hybridized carbons (Fsp3) is 0.278. The molecule has 0 saturated carbocycles. The molecule has 0 bridgehead atoms. The minimum Gasteiger partial charge on any atom is -0.459 e. The van der Waals surface area contributed by atoms with Crippen molar-refractivity contribution in [1.29, 1.82) is 0 Å². The number of nitrogens with zero attached hydrogens (tertiary/aromatic N) is 1. The van der Waals surface area contributed by atoms with Crippen LogP contribution in [0.2, 0.25) is 5.02 Å². The van der Waals surface area contributed by atoms with Crippen LogP contribution in [-0.2, 0) is 21.2 Å². The van der Waals surface area contributed by atoms with Crippen molar-refractivity contribution in [2.45, 2.75) is 31.3 Å². The number of rotatable bonds is 4. The average molecular weight is 380 g/mol. The molecule has 0 fully saturated rings. The van der Waals surface area contributed by atoms with Crippen LogP contribution < -0.4 is 4.31 Å². The lowest BCUT2D eigenvalue weighted by molar-refractivity contribution is 0.0377. The van der Waals surface area contributed by atoms with Crippen LogP contribution in [0.4, 0.5) is 5.69 Å². The molecule has 1 aliphatic rings. The Kier molecular flexibility index (Phi) is 4.75. The number of benzene rings is 2. The Labute approximate surface area is 152 Å². The SMILES string of the molecule is CC(C)OC(=O)c1ccc(Cl)c(S(=O)(=O)N2CCc3ccccc32)c1. The van der Waals surface area contributed by atoms with E-state index >= 15 is 0 Å². The smallest absolute Gasteiger partial charge is 0.338 e. The van der Waals surface area contributed by atoms with Crippen LogP contribution in [0.25, 0.3) is 0 Å². The van der Waals surface area contributed by atoms with Gasteiger partial charge in [0, 0.05) is 6.54 Å². The minimum atomic E-state index is -3.87. The molecule has 2 aromatic rings. The monoisotopic (exact) mass is 379 g/mol. The van der Waals surface area contributed by atoms with E-state index in [0.717, 1.165) is 5.56 Å². The molecule has 0 aromatic heterocycles. The molecule has 0 aliphatic carbocycles. The highest BCUT2D eigenvalue weighted by Crippen LogP contribution is 2.35. The van der Waals surface area contributed by atoms with Crippen molar-refractivity contribution < 1.29 is 17.9 Å². The van der Waals surface area contributed by atoms with Crippen molar-refractivity contribution in [3.8, 4) is 0 Å². The Bertz CT molecular complexity index is 924. The van der Waals surface area contributed by atoms with Crippen LogP contribution in [0.3, 0.4) is 0 Å². The van der Waals surface area contributed by atoms with Crippen LogP contribution in [0, 0.1) is 0 Å². The van der Waals surface area contributed by atoms with Gasteiger partial charge in [-0.2, -0.15) is 0 Å². The van der Waals surface area contributed by atoms with Crippen LogP contribution in [0.15, 0.2) is 47.4 Å². The normalized spacial score (nSPS) is 13.8. The molecule has 0 spiro atoms. The van der Waals surface area contributed by atoms with Crippen molar-refractivity contribution in [1.82, 2.24) is 0 Å². The molecular formula is C18H18ClNO4S. The van der Waals surface area contributed by atoms with E-state index in [-0.39, 0.29) is 21.6 Å². The third-order valence-electron chi connectivity index (χ3n) is 3.92. The molecule has 1 heterocycles. The largest absolute Gasteiger partial charge is 0.459 e. The maximum Gasteiger partial charge on any atom is 0.338 e. The number of carbonyl (C=O) groups excluding carboxylic acids is 1. The number of esters is 1. The number of sulfonamides is 1. The van der Waals surface area contributed by atoms with Gasteiger partial charge in [0.1, 0.15) is 4.90 Å². The standard InChI is InChI=1S/C18H18ClNO4S/c1-12(2)24-18(21)14-7-8-15(19)17(11-14)25(22,23)20-10-9-13-5-3-4-6-16(13)20/h3-8,11-12H,9-10H2,1-2H3. The van der Waals surface area contributed by atoms with Crippen LogP contribution in [0.1, 0.15) is 29.8 Å². The van der Waals surface area contributed by atoms with Gasteiger partial charge in [-0.3, -0.25) is 4.31 Å². The molecule has 0 radical (unpaired) electrons. The number of anilines is 1. The molecule has 0 N–H and O–H groups in total. The number of hydrogen-bond donors (Lipinski definition) is 0. The van der Waals surface area contributed by atoms with Crippen molar-refractivity contribution in [2.24, 2.45) is 0 Å². The van der Waals surface area contributed by atoms with Crippen molar-refractivity contribution >= 4 is 33.3 Å². The Hall–Kier alpha value is -2.05. The highest BCUT2D eigenvalue weighted by atomic mass is 35.5. The molecule has 0 unspecified atom stereocenters. The molecule has 2 aromatic carbocycles. The van der Waals surface area contributed by atoms with Crippen molar-refractivity contribution in [2.75, 3.05) is 10.8 Å². The van der Waals surface area contributed by atoms with Crippen LogP contribution in [-0.4, -0.2) is 27.0 Å².